The van der Waals surface area contributed by atoms with Gasteiger partial charge in [0.05, 0.1) is 0 Å². The van der Waals surface area contributed by atoms with Crippen LogP contribution in [0.5, 0.6) is 0 Å². The van der Waals surface area contributed by atoms with Gasteiger partial charge in [0.1, 0.15) is 0 Å². The van der Waals surface area contributed by atoms with Crippen LogP contribution in [0.4, 0.5) is 11.4 Å². The Morgan fingerprint density at radius 3 is 0.737 bits per heavy atom. The Kier molecular flexibility index (Phi) is 6.57. The van der Waals surface area contributed by atoms with Crippen molar-refractivity contribution >= 4 is 11.4 Å². The topological polar surface area (TPSA) is 3.24 Å². The fraction of sp³-hybridized carbons (Fsp3) is 0.0270. The number of anilines is 2. The van der Waals surface area contributed by atoms with Crippen molar-refractivity contribution in [3.63, 3.8) is 0 Å². The van der Waals surface area contributed by atoms with Gasteiger partial charge in [0, 0.05) is 18.4 Å². The maximum absolute atomic E-state index is 2.23. The SMILES string of the molecule is CN(c1ccc(-c2ccc(-c3ccccc3)cc2)cc1)c1ccc(-c2ccc(-c3ccccc3)cc2)cc1. The van der Waals surface area contributed by atoms with Gasteiger partial charge in [0.2, 0.25) is 0 Å². The second-order valence-corrected chi connectivity index (χ2v) is 9.54. The van der Waals surface area contributed by atoms with Gasteiger partial charge in [-0.05, 0) is 68.8 Å². The lowest BCUT2D eigenvalue weighted by molar-refractivity contribution is 1.21. The van der Waals surface area contributed by atoms with E-state index in [0.29, 0.717) is 0 Å². The van der Waals surface area contributed by atoms with Crippen molar-refractivity contribution in [1.82, 2.24) is 0 Å². The monoisotopic (exact) mass is 487 g/mol. The number of benzene rings is 6. The highest BCUT2D eigenvalue weighted by Crippen LogP contribution is 2.31. The van der Waals surface area contributed by atoms with Crippen molar-refractivity contribution in [2.75, 3.05) is 11.9 Å². The van der Waals surface area contributed by atoms with Gasteiger partial charge in [0.15, 0.2) is 0 Å². The van der Waals surface area contributed by atoms with Crippen LogP contribution in [0.1, 0.15) is 0 Å². The maximum Gasteiger partial charge on any atom is 0.0408 e. The quantitative estimate of drug-likeness (QED) is 0.226. The predicted molar refractivity (Wildman–Crippen MR) is 163 cm³/mol. The third-order valence-corrected chi connectivity index (χ3v) is 7.16. The van der Waals surface area contributed by atoms with E-state index >= 15 is 0 Å². The Bertz CT molecular complexity index is 1470. The van der Waals surface area contributed by atoms with Gasteiger partial charge in [-0.1, -0.05) is 133 Å². The van der Waals surface area contributed by atoms with Crippen molar-refractivity contribution < 1.29 is 0 Å². The molecule has 182 valence electrons. The van der Waals surface area contributed by atoms with Crippen LogP contribution >= 0.6 is 0 Å². The van der Waals surface area contributed by atoms with E-state index in [0.717, 1.165) is 11.4 Å². The minimum atomic E-state index is 1.16. The fourth-order valence-corrected chi connectivity index (χ4v) is 4.88. The summed E-state index contributed by atoms with van der Waals surface area (Å²) in [5.74, 6) is 0. The van der Waals surface area contributed by atoms with Crippen molar-refractivity contribution in [1.29, 1.82) is 0 Å². The maximum atomic E-state index is 2.23. The van der Waals surface area contributed by atoms with Crippen LogP contribution in [0.25, 0.3) is 44.5 Å². The van der Waals surface area contributed by atoms with Crippen LogP contribution in [0.15, 0.2) is 158 Å². The molecule has 0 saturated heterocycles. The molecule has 1 heteroatoms. The van der Waals surface area contributed by atoms with E-state index in [4.69, 9.17) is 0 Å². The van der Waals surface area contributed by atoms with Crippen molar-refractivity contribution in [2.45, 2.75) is 0 Å². The molecule has 1 nitrogen and oxygen atoms in total. The van der Waals surface area contributed by atoms with Gasteiger partial charge < -0.3 is 4.90 Å². The summed E-state index contributed by atoms with van der Waals surface area (Å²) in [6.45, 7) is 0. The summed E-state index contributed by atoms with van der Waals surface area (Å²) in [4.78, 5) is 2.23. The van der Waals surface area contributed by atoms with Crippen molar-refractivity contribution in [3.8, 4) is 44.5 Å². The first kappa shape index (κ1) is 23.5. The van der Waals surface area contributed by atoms with Crippen LogP contribution < -0.4 is 4.90 Å². The van der Waals surface area contributed by atoms with E-state index in [9.17, 15) is 0 Å². The normalized spacial score (nSPS) is 10.8. The lowest BCUT2D eigenvalue weighted by Gasteiger charge is -2.20. The lowest BCUT2D eigenvalue weighted by Crippen LogP contribution is -2.08. The molecule has 0 aliphatic heterocycles. The molecular formula is C37H29N. The Balaban J connectivity index is 1.15. The van der Waals surface area contributed by atoms with Gasteiger partial charge in [-0.3, -0.25) is 0 Å². The van der Waals surface area contributed by atoms with Crippen LogP contribution in [0, 0.1) is 0 Å². The molecule has 0 spiro atoms. The number of hydrogen-bond acceptors (Lipinski definition) is 1. The second-order valence-electron chi connectivity index (χ2n) is 9.54. The summed E-state index contributed by atoms with van der Waals surface area (Å²) in [6, 6.07) is 56.2. The van der Waals surface area contributed by atoms with Crippen LogP contribution in [-0.2, 0) is 0 Å². The molecule has 0 fully saturated rings. The number of rotatable bonds is 6. The Labute approximate surface area is 225 Å². The van der Waals surface area contributed by atoms with Gasteiger partial charge in [-0.25, -0.2) is 0 Å². The lowest BCUT2D eigenvalue weighted by atomic mass is 10.00. The molecule has 6 aromatic carbocycles. The third kappa shape index (κ3) is 5.00. The molecule has 6 aromatic rings. The zero-order valence-corrected chi connectivity index (χ0v) is 21.5. The molecule has 0 unspecified atom stereocenters. The molecule has 0 aliphatic rings. The summed E-state index contributed by atoms with van der Waals surface area (Å²) < 4.78 is 0. The van der Waals surface area contributed by atoms with Crippen molar-refractivity contribution in [3.05, 3.63) is 158 Å². The first-order chi connectivity index (χ1) is 18.7. The minimum absolute atomic E-state index is 1.16. The molecular weight excluding hydrogens is 458 g/mol. The summed E-state index contributed by atoms with van der Waals surface area (Å²) >= 11 is 0. The number of nitrogens with zero attached hydrogens (tertiary/aromatic N) is 1. The average molecular weight is 488 g/mol. The Morgan fingerprint density at radius 2 is 0.474 bits per heavy atom. The highest BCUT2D eigenvalue weighted by molar-refractivity contribution is 5.75. The summed E-state index contributed by atoms with van der Waals surface area (Å²) in [5, 5.41) is 0. The molecule has 0 aromatic heterocycles. The van der Waals surface area contributed by atoms with E-state index in [1.807, 2.05) is 0 Å². The highest BCUT2D eigenvalue weighted by Gasteiger charge is 2.07. The predicted octanol–water partition coefficient (Wildman–Crippen LogP) is 10.1. The van der Waals surface area contributed by atoms with Crippen LogP contribution in [0.3, 0.4) is 0 Å². The average Bonchev–Trinajstić information content (AvgIpc) is 3.02. The highest BCUT2D eigenvalue weighted by atomic mass is 15.1. The molecule has 0 radical (unpaired) electrons. The van der Waals surface area contributed by atoms with E-state index < -0.39 is 0 Å². The molecule has 38 heavy (non-hydrogen) atoms. The summed E-state index contributed by atoms with van der Waals surface area (Å²) in [6.07, 6.45) is 0. The van der Waals surface area contributed by atoms with E-state index in [1.54, 1.807) is 0 Å². The van der Waals surface area contributed by atoms with E-state index in [2.05, 4.69) is 170 Å². The fourth-order valence-electron chi connectivity index (χ4n) is 4.88. The van der Waals surface area contributed by atoms with Crippen molar-refractivity contribution in [2.24, 2.45) is 0 Å². The summed E-state index contributed by atoms with van der Waals surface area (Å²) in [5.41, 5.74) is 12.2. The first-order valence-corrected chi connectivity index (χ1v) is 13.0. The molecule has 0 atom stereocenters. The standard InChI is InChI=1S/C37H29N/c1-38(36-24-20-34(21-25-36)32-16-12-30(13-17-32)28-8-4-2-5-9-28)37-26-22-35(23-27-37)33-18-14-31(15-19-33)29-10-6-3-7-11-29/h2-27H,1H3. The first-order valence-electron chi connectivity index (χ1n) is 13.0. The van der Waals surface area contributed by atoms with Gasteiger partial charge >= 0.3 is 0 Å². The third-order valence-electron chi connectivity index (χ3n) is 7.16. The smallest absolute Gasteiger partial charge is 0.0408 e. The van der Waals surface area contributed by atoms with E-state index in [-0.39, 0.29) is 0 Å². The largest absolute Gasteiger partial charge is 0.345 e. The number of hydrogen-bond donors (Lipinski definition) is 0. The Hall–Kier alpha value is -4.88. The molecule has 0 bridgehead atoms. The zero-order chi connectivity index (χ0) is 25.7. The van der Waals surface area contributed by atoms with Crippen LogP contribution in [0.2, 0.25) is 0 Å². The van der Waals surface area contributed by atoms with Gasteiger partial charge in [-0.15, -0.1) is 0 Å². The van der Waals surface area contributed by atoms with Crippen LogP contribution in [-0.4, -0.2) is 7.05 Å². The molecule has 0 aliphatic carbocycles. The second kappa shape index (κ2) is 10.6. The molecule has 6 rings (SSSR count). The summed E-state index contributed by atoms with van der Waals surface area (Å²) in [7, 11) is 2.12. The Morgan fingerprint density at radius 1 is 0.263 bits per heavy atom. The van der Waals surface area contributed by atoms with E-state index in [1.165, 1.54) is 44.5 Å². The molecule has 0 saturated carbocycles. The molecule has 0 heterocycles. The zero-order valence-electron chi connectivity index (χ0n) is 21.5. The molecule has 0 N–H and O–H groups in total. The van der Waals surface area contributed by atoms with Gasteiger partial charge in [-0.2, -0.15) is 0 Å². The minimum Gasteiger partial charge on any atom is -0.345 e. The van der Waals surface area contributed by atoms with Gasteiger partial charge in [0.25, 0.3) is 0 Å². The molecule has 0 amide bonds.